The lowest BCUT2D eigenvalue weighted by molar-refractivity contribution is -0.113. The van der Waals surface area contributed by atoms with E-state index in [1.165, 1.54) is 10.8 Å². The molecule has 3 aromatic rings. The SMILES string of the molecule is Cc1cccc(NC(=O)CSc2cccc3ccccc23)c1. The summed E-state index contributed by atoms with van der Waals surface area (Å²) < 4.78 is 0. The fourth-order valence-corrected chi connectivity index (χ4v) is 3.26. The molecule has 3 heteroatoms. The minimum absolute atomic E-state index is 0.0172. The van der Waals surface area contributed by atoms with Crippen LogP contribution in [0.4, 0.5) is 5.69 Å². The monoisotopic (exact) mass is 307 g/mol. The number of amides is 1. The first-order valence-electron chi connectivity index (χ1n) is 7.19. The van der Waals surface area contributed by atoms with Gasteiger partial charge < -0.3 is 5.32 Å². The molecule has 0 saturated heterocycles. The van der Waals surface area contributed by atoms with Crippen molar-refractivity contribution in [2.24, 2.45) is 0 Å². The Hall–Kier alpha value is -2.26. The third-order valence-corrected chi connectivity index (χ3v) is 4.48. The van der Waals surface area contributed by atoms with E-state index in [0.29, 0.717) is 5.75 Å². The van der Waals surface area contributed by atoms with Crippen molar-refractivity contribution in [3.8, 4) is 0 Å². The molecular weight excluding hydrogens is 290 g/mol. The number of aryl methyl sites for hydroxylation is 1. The molecule has 3 rings (SSSR count). The number of anilines is 1. The molecule has 0 fully saturated rings. The zero-order valence-electron chi connectivity index (χ0n) is 12.4. The Kier molecular flexibility index (Phi) is 4.45. The van der Waals surface area contributed by atoms with Crippen molar-refractivity contribution in [1.82, 2.24) is 0 Å². The highest BCUT2D eigenvalue weighted by atomic mass is 32.2. The van der Waals surface area contributed by atoms with Crippen LogP contribution in [0.25, 0.3) is 10.8 Å². The number of nitrogens with one attached hydrogen (secondary N) is 1. The van der Waals surface area contributed by atoms with Crippen LogP contribution in [0.3, 0.4) is 0 Å². The number of thioether (sulfide) groups is 1. The molecule has 3 aromatic carbocycles. The number of hydrogen-bond acceptors (Lipinski definition) is 2. The van der Waals surface area contributed by atoms with Crippen molar-refractivity contribution in [3.63, 3.8) is 0 Å². The highest BCUT2D eigenvalue weighted by Crippen LogP contribution is 2.27. The molecule has 22 heavy (non-hydrogen) atoms. The van der Waals surface area contributed by atoms with Gasteiger partial charge in [0, 0.05) is 10.6 Å². The van der Waals surface area contributed by atoms with Gasteiger partial charge in [0.2, 0.25) is 5.91 Å². The van der Waals surface area contributed by atoms with Gasteiger partial charge in [-0.15, -0.1) is 11.8 Å². The fourth-order valence-electron chi connectivity index (χ4n) is 2.38. The number of carbonyl (C=O) groups is 1. The quantitative estimate of drug-likeness (QED) is 0.696. The van der Waals surface area contributed by atoms with E-state index in [1.54, 1.807) is 11.8 Å². The first-order valence-corrected chi connectivity index (χ1v) is 8.18. The zero-order valence-corrected chi connectivity index (χ0v) is 13.2. The Morgan fingerprint density at radius 3 is 2.64 bits per heavy atom. The summed E-state index contributed by atoms with van der Waals surface area (Å²) >= 11 is 1.57. The van der Waals surface area contributed by atoms with Gasteiger partial charge in [-0.3, -0.25) is 4.79 Å². The third kappa shape index (κ3) is 3.49. The van der Waals surface area contributed by atoms with Crippen LogP contribution in [-0.2, 0) is 4.79 Å². The number of carbonyl (C=O) groups excluding carboxylic acids is 1. The average molecular weight is 307 g/mol. The molecule has 0 heterocycles. The topological polar surface area (TPSA) is 29.1 Å². The number of fused-ring (bicyclic) bond motifs is 1. The Morgan fingerprint density at radius 1 is 1.00 bits per heavy atom. The van der Waals surface area contributed by atoms with Gasteiger partial charge in [0.05, 0.1) is 5.75 Å². The second kappa shape index (κ2) is 6.67. The highest BCUT2D eigenvalue weighted by molar-refractivity contribution is 8.00. The van der Waals surface area contributed by atoms with E-state index in [2.05, 4.69) is 29.6 Å². The molecule has 0 aliphatic carbocycles. The molecule has 0 bridgehead atoms. The van der Waals surface area contributed by atoms with Crippen molar-refractivity contribution in [2.75, 3.05) is 11.1 Å². The van der Waals surface area contributed by atoms with E-state index in [0.717, 1.165) is 16.1 Å². The Morgan fingerprint density at radius 2 is 1.77 bits per heavy atom. The summed E-state index contributed by atoms with van der Waals surface area (Å²) in [6, 6.07) is 22.3. The summed E-state index contributed by atoms with van der Waals surface area (Å²) in [6.45, 7) is 2.01. The lowest BCUT2D eigenvalue weighted by atomic mass is 10.1. The third-order valence-electron chi connectivity index (χ3n) is 3.41. The maximum Gasteiger partial charge on any atom is 0.234 e. The van der Waals surface area contributed by atoms with Crippen LogP contribution in [0, 0.1) is 6.92 Å². The van der Waals surface area contributed by atoms with Gasteiger partial charge >= 0.3 is 0 Å². The Bertz CT molecular complexity index is 808. The smallest absolute Gasteiger partial charge is 0.234 e. The summed E-state index contributed by atoms with van der Waals surface area (Å²) in [6.07, 6.45) is 0. The minimum Gasteiger partial charge on any atom is -0.325 e. The lowest BCUT2D eigenvalue weighted by Gasteiger charge is -2.08. The molecule has 110 valence electrons. The predicted octanol–water partition coefficient (Wildman–Crippen LogP) is 4.88. The van der Waals surface area contributed by atoms with Gasteiger partial charge in [0.15, 0.2) is 0 Å². The van der Waals surface area contributed by atoms with Crippen LogP contribution in [0.2, 0.25) is 0 Å². The van der Waals surface area contributed by atoms with Gasteiger partial charge in [-0.1, -0.05) is 48.5 Å². The van der Waals surface area contributed by atoms with Crippen LogP contribution in [-0.4, -0.2) is 11.7 Å². The zero-order chi connectivity index (χ0) is 15.4. The predicted molar refractivity (Wildman–Crippen MR) is 94.5 cm³/mol. The van der Waals surface area contributed by atoms with Crippen LogP contribution in [0.5, 0.6) is 0 Å². The van der Waals surface area contributed by atoms with Crippen LogP contribution < -0.4 is 5.32 Å². The number of benzene rings is 3. The van der Waals surface area contributed by atoms with Gasteiger partial charge in [0.1, 0.15) is 0 Å². The van der Waals surface area contributed by atoms with E-state index in [9.17, 15) is 4.79 Å². The minimum atomic E-state index is 0.0172. The maximum absolute atomic E-state index is 12.1. The molecule has 2 nitrogen and oxygen atoms in total. The molecule has 0 atom stereocenters. The van der Waals surface area contributed by atoms with Crippen molar-refractivity contribution in [2.45, 2.75) is 11.8 Å². The van der Waals surface area contributed by atoms with Crippen LogP contribution >= 0.6 is 11.8 Å². The second-order valence-electron chi connectivity index (χ2n) is 5.18. The van der Waals surface area contributed by atoms with Gasteiger partial charge in [-0.25, -0.2) is 0 Å². The molecular formula is C19H17NOS. The number of rotatable bonds is 4. The normalized spacial score (nSPS) is 10.6. The summed E-state index contributed by atoms with van der Waals surface area (Å²) in [5.41, 5.74) is 1.99. The molecule has 0 unspecified atom stereocenters. The molecule has 1 N–H and O–H groups in total. The first-order chi connectivity index (χ1) is 10.7. The molecule has 0 radical (unpaired) electrons. The average Bonchev–Trinajstić information content (AvgIpc) is 2.53. The van der Waals surface area contributed by atoms with Gasteiger partial charge in [-0.2, -0.15) is 0 Å². The highest BCUT2D eigenvalue weighted by Gasteiger charge is 2.06. The fraction of sp³-hybridized carbons (Fsp3) is 0.105. The van der Waals surface area contributed by atoms with E-state index >= 15 is 0 Å². The summed E-state index contributed by atoms with van der Waals surface area (Å²) in [4.78, 5) is 13.2. The molecule has 0 saturated carbocycles. The van der Waals surface area contributed by atoms with Crippen molar-refractivity contribution in [3.05, 3.63) is 72.3 Å². The second-order valence-corrected chi connectivity index (χ2v) is 6.20. The van der Waals surface area contributed by atoms with E-state index < -0.39 is 0 Å². The van der Waals surface area contributed by atoms with Gasteiger partial charge in [-0.05, 0) is 41.5 Å². The summed E-state index contributed by atoms with van der Waals surface area (Å²) in [7, 11) is 0. The Labute approximate surface area is 134 Å². The molecule has 0 aliphatic heterocycles. The van der Waals surface area contributed by atoms with Crippen LogP contribution in [0.1, 0.15) is 5.56 Å². The molecule has 0 aromatic heterocycles. The molecule has 1 amide bonds. The molecule has 0 spiro atoms. The van der Waals surface area contributed by atoms with Crippen LogP contribution in [0.15, 0.2) is 71.6 Å². The van der Waals surface area contributed by atoms with E-state index in [-0.39, 0.29) is 5.91 Å². The van der Waals surface area contributed by atoms with Crippen molar-refractivity contribution >= 4 is 34.1 Å². The van der Waals surface area contributed by atoms with Crippen molar-refractivity contribution < 1.29 is 4.79 Å². The van der Waals surface area contributed by atoms with E-state index in [4.69, 9.17) is 0 Å². The maximum atomic E-state index is 12.1. The first kappa shape index (κ1) is 14.7. The summed E-state index contributed by atoms with van der Waals surface area (Å²) in [5, 5.41) is 5.33. The van der Waals surface area contributed by atoms with E-state index in [1.807, 2.05) is 49.4 Å². The number of hydrogen-bond donors (Lipinski definition) is 1. The van der Waals surface area contributed by atoms with Crippen molar-refractivity contribution in [1.29, 1.82) is 0 Å². The standard InChI is InChI=1S/C19H17NOS/c1-14-6-4-9-16(12-14)20-19(21)13-22-18-11-5-8-15-7-2-3-10-17(15)18/h2-12H,13H2,1H3,(H,20,21). The summed E-state index contributed by atoms with van der Waals surface area (Å²) in [5.74, 6) is 0.422. The largest absolute Gasteiger partial charge is 0.325 e. The Balaban J connectivity index is 1.68. The molecule has 0 aliphatic rings. The lowest BCUT2D eigenvalue weighted by Crippen LogP contribution is -2.13. The van der Waals surface area contributed by atoms with Gasteiger partial charge in [0.25, 0.3) is 0 Å².